The van der Waals surface area contributed by atoms with Crippen LogP contribution < -0.4 is 10.6 Å². The van der Waals surface area contributed by atoms with Gasteiger partial charge in [0.25, 0.3) is 0 Å². The molecule has 2 N–H and O–H groups in total. The molecule has 0 bridgehead atoms. The Labute approximate surface area is 140 Å². The van der Waals surface area contributed by atoms with Crippen molar-refractivity contribution in [2.75, 3.05) is 13.3 Å². The Hall–Kier alpha value is -1.56. The standard InChI is InChI=1S/C17H29N3O2S/c1-5-6-7-8-14(2)20-17(18-3)19-13-15-9-11-16(12-10-15)23(4,21)22/h9-12,14H,5-8,13H2,1-4H3,(H2,18,19,20). The summed E-state index contributed by atoms with van der Waals surface area (Å²) >= 11 is 0. The van der Waals surface area contributed by atoms with E-state index in [2.05, 4.69) is 29.5 Å². The van der Waals surface area contributed by atoms with Crippen molar-refractivity contribution in [3.05, 3.63) is 29.8 Å². The maximum absolute atomic E-state index is 11.4. The third kappa shape index (κ3) is 7.50. The fourth-order valence-corrected chi connectivity index (χ4v) is 2.87. The molecule has 0 saturated carbocycles. The van der Waals surface area contributed by atoms with Gasteiger partial charge in [0.1, 0.15) is 0 Å². The van der Waals surface area contributed by atoms with Gasteiger partial charge in [-0.15, -0.1) is 0 Å². The Balaban J connectivity index is 2.48. The molecule has 0 aliphatic heterocycles. The minimum atomic E-state index is -3.14. The second kappa shape index (κ2) is 9.55. The molecule has 0 amide bonds. The van der Waals surface area contributed by atoms with Gasteiger partial charge in [-0.1, -0.05) is 38.3 Å². The summed E-state index contributed by atoms with van der Waals surface area (Å²) in [6.45, 7) is 4.96. The van der Waals surface area contributed by atoms with Crippen LogP contribution in [0.4, 0.5) is 0 Å². The Morgan fingerprint density at radius 1 is 1.22 bits per heavy atom. The zero-order valence-electron chi connectivity index (χ0n) is 14.6. The zero-order chi connectivity index (χ0) is 17.3. The lowest BCUT2D eigenvalue weighted by atomic mass is 10.1. The molecule has 1 aromatic rings. The summed E-state index contributed by atoms with van der Waals surface area (Å²) < 4.78 is 22.9. The second-order valence-electron chi connectivity index (χ2n) is 5.88. The number of nitrogens with one attached hydrogen (secondary N) is 2. The molecule has 0 aliphatic carbocycles. The number of aliphatic imine (C=N–C) groups is 1. The summed E-state index contributed by atoms with van der Waals surface area (Å²) in [5.74, 6) is 0.765. The maximum atomic E-state index is 11.4. The SMILES string of the molecule is CCCCCC(C)NC(=NC)NCc1ccc(S(C)(=O)=O)cc1. The van der Waals surface area contributed by atoms with Crippen LogP contribution in [0.3, 0.4) is 0 Å². The number of nitrogens with zero attached hydrogens (tertiary/aromatic N) is 1. The largest absolute Gasteiger partial charge is 0.354 e. The highest BCUT2D eigenvalue weighted by atomic mass is 32.2. The summed E-state index contributed by atoms with van der Waals surface area (Å²) in [6.07, 6.45) is 6.03. The molecule has 1 rings (SSSR count). The molecule has 1 aromatic carbocycles. The molecule has 0 heterocycles. The summed E-state index contributed by atoms with van der Waals surface area (Å²) in [6, 6.07) is 7.29. The molecule has 1 unspecified atom stereocenters. The Morgan fingerprint density at radius 3 is 2.39 bits per heavy atom. The second-order valence-corrected chi connectivity index (χ2v) is 7.90. The maximum Gasteiger partial charge on any atom is 0.191 e. The molecule has 6 heteroatoms. The first-order valence-corrected chi connectivity index (χ1v) is 10.0. The lowest BCUT2D eigenvalue weighted by Gasteiger charge is -2.18. The molecule has 0 aromatic heterocycles. The van der Waals surface area contributed by atoms with E-state index >= 15 is 0 Å². The van der Waals surface area contributed by atoms with E-state index in [1.165, 1.54) is 25.5 Å². The highest BCUT2D eigenvalue weighted by molar-refractivity contribution is 7.90. The van der Waals surface area contributed by atoms with Crippen molar-refractivity contribution in [2.24, 2.45) is 4.99 Å². The summed E-state index contributed by atoms with van der Waals surface area (Å²) in [5, 5.41) is 6.63. The van der Waals surface area contributed by atoms with Crippen molar-refractivity contribution in [3.63, 3.8) is 0 Å². The lowest BCUT2D eigenvalue weighted by Crippen LogP contribution is -2.41. The van der Waals surface area contributed by atoms with Gasteiger partial charge in [-0.05, 0) is 31.0 Å². The monoisotopic (exact) mass is 339 g/mol. The molecule has 0 fully saturated rings. The van der Waals surface area contributed by atoms with Crippen LogP contribution in [-0.2, 0) is 16.4 Å². The zero-order valence-corrected chi connectivity index (χ0v) is 15.4. The summed E-state index contributed by atoms with van der Waals surface area (Å²) in [7, 11) is -1.39. The topological polar surface area (TPSA) is 70.6 Å². The Morgan fingerprint density at radius 2 is 1.87 bits per heavy atom. The van der Waals surface area contributed by atoms with Gasteiger partial charge in [-0.25, -0.2) is 8.42 Å². The molecule has 0 spiro atoms. The first-order chi connectivity index (χ1) is 10.9. The van der Waals surface area contributed by atoms with Gasteiger partial charge >= 0.3 is 0 Å². The van der Waals surface area contributed by atoms with Crippen LogP contribution in [0.15, 0.2) is 34.2 Å². The van der Waals surface area contributed by atoms with Gasteiger partial charge in [-0.3, -0.25) is 4.99 Å². The van der Waals surface area contributed by atoms with E-state index in [0.717, 1.165) is 17.9 Å². The number of sulfone groups is 1. The lowest BCUT2D eigenvalue weighted by molar-refractivity contribution is 0.546. The molecule has 0 saturated heterocycles. The number of benzene rings is 1. The minimum absolute atomic E-state index is 0.341. The van der Waals surface area contributed by atoms with Gasteiger partial charge in [0.2, 0.25) is 0 Å². The van der Waals surface area contributed by atoms with Crippen molar-refractivity contribution in [2.45, 2.75) is 57.0 Å². The van der Waals surface area contributed by atoms with Crippen molar-refractivity contribution in [1.29, 1.82) is 0 Å². The van der Waals surface area contributed by atoms with Gasteiger partial charge < -0.3 is 10.6 Å². The highest BCUT2D eigenvalue weighted by Gasteiger charge is 2.07. The van der Waals surface area contributed by atoms with E-state index < -0.39 is 9.84 Å². The fourth-order valence-electron chi connectivity index (χ4n) is 2.24. The summed E-state index contributed by atoms with van der Waals surface area (Å²) in [4.78, 5) is 4.57. The molecular formula is C17H29N3O2S. The number of rotatable bonds is 8. The van der Waals surface area contributed by atoms with Crippen LogP contribution in [-0.4, -0.2) is 33.7 Å². The molecule has 130 valence electrons. The van der Waals surface area contributed by atoms with E-state index in [1.807, 2.05) is 12.1 Å². The smallest absolute Gasteiger partial charge is 0.191 e. The predicted octanol–water partition coefficient (Wildman–Crippen LogP) is 2.72. The fraction of sp³-hybridized carbons (Fsp3) is 0.588. The highest BCUT2D eigenvalue weighted by Crippen LogP contribution is 2.10. The number of hydrogen-bond donors (Lipinski definition) is 2. The van der Waals surface area contributed by atoms with Crippen LogP contribution in [0.25, 0.3) is 0 Å². The summed E-state index contributed by atoms with van der Waals surface area (Å²) in [5.41, 5.74) is 1.01. The molecule has 23 heavy (non-hydrogen) atoms. The quantitative estimate of drug-likeness (QED) is 0.434. The van der Waals surface area contributed by atoms with Gasteiger partial charge in [-0.2, -0.15) is 0 Å². The van der Waals surface area contributed by atoms with E-state index in [1.54, 1.807) is 19.2 Å². The van der Waals surface area contributed by atoms with Gasteiger partial charge in [0, 0.05) is 25.9 Å². The Bertz CT molecular complexity index is 595. The van der Waals surface area contributed by atoms with E-state index in [4.69, 9.17) is 0 Å². The van der Waals surface area contributed by atoms with Gasteiger partial charge in [0.15, 0.2) is 15.8 Å². The molecule has 5 nitrogen and oxygen atoms in total. The van der Waals surface area contributed by atoms with Crippen molar-refractivity contribution < 1.29 is 8.42 Å². The molecule has 0 aliphatic rings. The third-order valence-electron chi connectivity index (χ3n) is 3.66. The van der Waals surface area contributed by atoms with E-state index in [0.29, 0.717) is 17.5 Å². The first kappa shape index (κ1) is 19.5. The van der Waals surface area contributed by atoms with Crippen molar-refractivity contribution in [3.8, 4) is 0 Å². The van der Waals surface area contributed by atoms with E-state index in [9.17, 15) is 8.42 Å². The number of hydrogen-bond acceptors (Lipinski definition) is 3. The van der Waals surface area contributed by atoms with Crippen molar-refractivity contribution in [1.82, 2.24) is 10.6 Å². The van der Waals surface area contributed by atoms with Crippen LogP contribution in [0.1, 0.15) is 45.1 Å². The van der Waals surface area contributed by atoms with Crippen LogP contribution in [0.2, 0.25) is 0 Å². The predicted molar refractivity (Wildman–Crippen MR) is 96.5 cm³/mol. The average Bonchev–Trinajstić information content (AvgIpc) is 2.51. The molecule has 1 atom stereocenters. The molecule has 0 radical (unpaired) electrons. The number of guanidine groups is 1. The van der Waals surface area contributed by atoms with Crippen LogP contribution >= 0.6 is 0 Å². The minimum Gasteiger partial charge on any atom is -0.354 e. The number of unbranched alkanes of at least 4 members (excludes halogenated alkanes) is 2. The normalized spacial score (nSPS) is 13.7. The Kier molecular flexibility index (Phi) is 8.09. The average molecular weight is 340 g/mol. The first-order valence-electron chi connectivity index (χ1n) is 8.13. The van der Waals surface area contributed by atoms with Crippen molar-refractivity contribution >= 4 is 15.8 Å². The van der Waals surface area contributed by atoms with Crippen LogP contribution in [0.5, 0.6) is 0 Å². The van der Waals surface area contributed by atoms with Crippen LogP contribution in [0, 0.1) is 0 Å². The molecular weight excluding hydrogens is 310 g/mol. The van der Waals surface area contributed by atoms with Gasteiger partial charge in [0.05, 0.1) is 4.90 Å². The van der Waals surface area contributed by atoms with E-state index in [-0.39, 0.29) is 0 Å². The third-order valence-corrected chi connectivity index (χ3v) is 4.79.